The third-order valence-electron chi connectivity index (χ3n) is 2.03. The Morgan fingerprint density at radius 3 is 2.94 bits per heavy atom. The normalized spacial score (nSPS) is 10.3. The van der Waals surface area contributed by atoms with Crippen LogP contribution in [0.25, 0.3) is 0 Å². The molecule has 8 heteroatoms. The van der Waals surface area contributed by atoms with E-state index < -0.39 is 0 Å². The quantitative estimate of drug-likeness (QED) is 0.924. The van der Waals surface area contributed by atoms with Gasteiger partial charge in [-0.1, -0.05) is 11.3 Å². The molecule has 0 aromatic carbocycles. The van der Waals surface area contributed by atoms with Crippen LogP contribution in [0.3, 0.4) is 0 Å². The summed E-state index contributed by atoms with van der Waals surface area (Å²) in [7, 11) is 0. The summed E-state index contributed by atoms with van der Waals surface area (Å²) in [6.45, 7) is 1.74. The van der Waals surface area contributed by atoms with Crippen LogP contribution in [-0.4, -0.2) is 20.7 Å². The Balaban J connectivity index is 2.07. The van der Waals surface area contributed by atoms with E-state index in [-0.39, 0.29) is 18.0 Å². The molecule has 0 spiro atoms. The molecule has 2 aromatic heterocycles. The van der Waals surface area contributed by atoms with Gasteiger partial charge in [0, 0.05) is 16.7 Å². The third kappa shape index (κ3) is 3.23. The maximum Gasteiger partial charge on any atom is 0.251 e. The lowest BCUT2D eigenvalue weighted by atomic mass is 10.4. The predicted molar refractivity (Wildman–Crippen MR) is 71.7 cm³/mol. The second-order valence-electron chi connectivity index (χ2n) is 3.49. The molecule has 1 N–H and O–H groups in total. The van der Waals surface area contributed by atoms with Gasteiger partial charge < -0.3 is 4.57 Å². The van der Waals surface area contributed by atoms with Crippen molar-refractivity contribution >= 4 is 38.3 Å². The van der Waals surface area contributed by atoms with Crippen molar-refractivity contribution < 1.29 is 4.79 Å². The lowest BCUT2D eigenvalue weighted by Crippen LogP contribution is -2.26. The number of hydrogen-bond acceptors (Lipinski definition) is 5. The molecule has 6 nitrogen and oxygen atoms in total. The van der Waals surface area contributed by atoms with Crippen LogP contribution in [0.4, 0.5) is 5.13 Å². The number of nitrogens with one attached hydrogen (secondary N) is 1. The van der Waals surface area contributed by atoms with Crippen molar-refractivity contribution in [3.8, 4) is 0 Å². The molecule has 2 aromatic rings. The smallest absolute Gasteiger partial charge is 0.251 e. The molecular weight excluding hydrogens is 320 g/mol. The fraction of sp³-hybridized carbons (Fsp3) is 0.200. The highest BCUT2D eigenvalue weighted by Gasteiger charge is 2.08. The number of amides is 1. The van der Waals surface area contributed by atoms with Crippen molar-refractivity contribution in [1.29, 1.82) is 0 Å². The molecule has 0 bridgehead atoms. The Morgan fingerprint density at radius 2 is 2.28 bits per heavy atom. The van der Waals surface area contributed by atoms with E-state index in [2.05, 4.69) is 31.4 Å². The molecule has 0 aliphatic heterocycles. The van der Waals surface area contributed by atoms with Crippen LogP contribution in [0.2, 0.25) is 0 Å². The number of aromatic nitrogens is 3. The minimum atomic E-state index is -0.314. The van der Waals surface area contributed by atoms with Crippen molar-refractivity contribution in [2.75, 3.05) is 5.32 Å². The summed E-state index contributed by atoms with van der Waals surface area (Å²) < 4.78 is 2.05. The van der Waals surface area contributed by atoms with E-state index in [0.29, 0.717) is 5.13 Å². The highest BCUT2D eigenvalue weighted by atomic mass is 79.9. The van der Waals surface area contributed by atoms with E-state index in [0.717, 1.165) is 9.48 Å². The van der Waals surface area contributed by atoms with Gasteiger partial charge in [0.1, 0.15) is 11.6 Å². The van der Waals surface area contributed by atoms with E-state index in [1.54, 1.807) is 19.2 Å². The molecule has 0 atom stereocenters. The van der Waals surface area contributed by atoms with E-state index in [1.165, 1.54) is 22.0 Å². The van der Waals surface area contributed by atoms with Crippen molar-refractivity contribution in [3.63, 3.8) is 0 Å². The molecule has 2 heterocycles. The average molecular weight is 329 g/mol. The summed E-state index contributed by atoms with van der Waals surface area (Å²) in [5, 5.41) is 11.4. The zero-order chi connectivity index (χ0) is 13.1. The highest BCUT2D eigenvalue weighted by molar-refractivity contribution is 9.10. The van der Waals surface area contributed by atoms with Crippen LogP contribution in [0.15, 0.2) is 27.6 Å². The lowest BCUT2D eigenvalue weighted by Gasteiger charge is -2.05. The third-order valence-corrected chi connectivity index (χ3v) is 3.26. The Morgan fingerprint density at radius 1 is 1.50 bits per heavy atom. The summed E-state index contributed by atoms with van der Waals surface area (Å²) in [5.74, 6) is -0.314. The van der Waals surface area contributed by atoms with Crippen LogP contribution in [0.5, 0.6) is 0 Å². The maximum absolute atomic E-state index is 11.7. The molecule has 2 rings (SSSR count). The van der Waals surface area contributed by atoms with E-state index in [4.69, 9.17) is 0 Å². The van der Waals surface area contributed by atoms with Gasteiger partial charge in [0.05, 0.1) is 0 Å². The molecule has 1 amide bonds. The van der Waals surface area contributed by atoms with E-state index in [9.17, 15) is 9.59 Å². The number of anilines is 1. The second-order valence-corrected chi connectivity index (χ2v) is 5.59. The van der Waals surface area contributed by atoms with Gasteiger partial charge in [0.15, 0.2) is 0 Å². The van der Waals surface area contributed by atoms with Crippen LogP contribution in [0.1, 0.15) is 5.01 Å². The largest absolute Gasteiger partial charge is 0.305 e. The van der Waals surface area contributed by atoms with Gasteiger partial charge in [0.2, 0.25) is 11.0 Å². The van der Waals surface area contributed by atoms with Crippen molar-refractivity contribution in [2.24, 2.45) is 0 Å². The molecule has 0 aliphatic carbocycles. The molecule has 0 saturated heterocycles. The first-order valence-electron chi connectivity index (χ1n) is 5.00. The van der Waals surface area contributed by atoms with Gasteiger partial charge in [-0.2, -0.15) is 0 Å². The predicted octanol–water partition coefficient (Wildman–Crippen LogP) is 1.41. The van der Waals surface area contributed by atoms with E-state index >= 15 is 0 Å². The number of carbonyl (C=O) groups is 1. The number of nitrogens with zero attached hydrogens (tertiary/aromatic N) is 3. The van der Waals surface area contributed by atoms with Gasteiger partial charge >= 0.3 is 0 Å². The van der Waals surface area contributed by atoms with Gasteiger partial charge in [-0.15, -0.1) is 10.2 Å². The highest BCUT2D eigenvalue weighted by Crippen LogP contribution is 2.13. The molecule has 0 saturated carbocycles. The summed E-state index contributed by atoms with van der Waals surface area (Å²) in [5.41, 5.74) is -0.234. The van der Waals surface area contributed by atoms with Gasteiger partial charge in [-0.05, 0) is 28.9 Å². The Hall–Kier alpha value is -1.54. The molecule has 94 valence electrons. The SMILES string of the molecule is Cc1nnc(NC(=O)Cn2cc(Br)ccc2=O)s1. The van der Waals surface area contributed by atoms with Gasteiger partial charge in [-0.25, -0.2) is 0 Å². The zero-order valence-electron chi connectivity index (χ0n) is 9.38. The number of carbonyl (C=O) groups excluding carboxylic acids is 1. The first-order chi connectivity index (χ1) is 8.54. The number of halogens is 1. The minimum Gasteiger partial charge on any atom is -0.305 e. The average Bonchev–Trinajstić information content (AvgIpc) is 2.69. The molecule has 0 aliphatic rings. The lowest BCUT2D eigenvalue weighted by molar-refractivity contribution is -0.116. The van der Waals surface area contributed by atoms with Gasteiger partial charge in [-0.3, -0.25) is 14.9 Å². The summed E-state index contributed by atoms with van der Waals surface area (Å²) >= 11 is 4.53. The van der Waals surface area contributed by atoms with Crippen LogP contribution >= 0.6 is 27.3 Å². The van der Waals surface area contributed by atoms with Crippen molar-refractivity contribution in [2.45, 2.75) is 13.5 Å². The Kier molecular flexibility index (Phi) is 3.87. The zero-order valence-corrected chi connectivity index (χ0v) is 11.8. The Labute approximate surface area is 115 Å². The summed E-state index contributed by atoms with van der Waals surface area (Å²) in [4.78, 5) is 23.2. The molecular formula is C10H9BrN4O2S. The number of hydrogen-bond donors (Lipinski definition) is 1. The number of rotatable bonds is 3. The topological polar surface area (TPSA) is 76.9 Å². The fourth-order valence-corrected chi connectivity index (χ4v) is 2.27. The number of pyridine rings is 1. The minimum absolute atomic E-state index is 0.0586. The van der Waals surface area contributed by atoms with Crippen molar-refractivity contribution in [1.82, 2.24) is 14.8 Å². The first-order valence-corrected chi connectivity index (χ1v) is 6.61. The molecule has 0 unspecified atom stereocenters. The summed E-state index contributed by atoms with van der Waals surface area (Å²) in [6, 6.07) is 3.03. The molecule has 0 fully saturated rings. The van der Waals surface area contributed by atoms with E-state index in [1.807, 2.05) is 0 Å². The van der Waals surface area contributed by atoms with Crippen LogP contribution < -0.4 is 10.9 Å². The van der Waals surface area contributed by atoms with Gasteiger partial charge in [0.25, 0.3) is 5.56 Å². The maximum atomic E-state index is 11.7. The van der Waals surface area contributed by atoms with Crippen LogP contribution in [-0.2, 0) is 11.3 Å². The second kappa shape index (κ2) is 5.40. The Bertz CT molecular complexity index is 637. The van der Waals surface area contributed by atoms with Crippen molar-refractivity contribution in [3.05, 3.63) is 38.2 Å². The number of aryl methyl sites for hydroxylation is 1. The standard InChI is InChI=1S/C10H9BrN4O2S/c1-6-13-14-10(18-6)12-8(16)5-15-4-7(11)2-3-9(15)17/h2-4H,5H2,1H3,(H,12,14,16). The van der Waals surface area contributed by atoms with Crippen LogP contribution in [0, 0.1) is 6.92 Å². The first kappa shape index (κ1) is 12.9. The fourth-order valence-electron chi connectivity index (χ4n) is 1.29. The monoisotopic (exact) mass is 328 g/mol. The molecule has 0 radical (unpaired) electrons. The summed E-state index contributed by atoms with van der Waals surface area (Å²) in [6.07, 6.45) is 1.56. The molecule has 18 heavy (non-hydrogen) atoms.